The van der Waals surface area contributed by atoms with E-state index in [2.05, 4.69) is 27.1 Å². The molecule has 0 radical (unpaired) electrons. The number of hydrogen-bond acceptors (Lipinski definition) is 3. The highest BCUT2D eigenvalue weighted by molar-refractivity contribution is 5.77. The van der Waals surface area contributed by atoms with E-state index in [1.165, 1.54) is 0 Å². The van der Waals surface area contributed by atoms with Crippen molar-refractivity contribution < 1.29 is 0 Å². The zero-order valence-corrected chi connectivity index (χ0v) is 9.77. The molecule has 0 aromatic carbocycles. The molecule has 0 saturated heterocycles. The number of aromatic nitrogens is 3. The van der Waals surface area contributed by atoms with Crippen molar-refractivity contribution in [2.45, 2.75) is 26.9 Å². The second-order valence-corrected chi connectivity index (χ2v) is 3.55. The summed E-state index contributed by atoms with van der Waals surface area (Å²) in [5.41, 5.74) is 6.68. The Bertz CT molecular complexity index is 378. The highest BCUT2D eigenvalue weighted by atomic mass is 15.3. The number of aryl methyl sites for hydroxylation is 1. The van der Waals surface area contributed by atoms with Crippen LogP contribution in [-0.2, 0) is 13.1 Å². The minimum Gasteiger partial charge on any atom is -0.370 e. The molecule has 16 heavy (non-hydrogen) atoms. The maximum absolute atomic E-state index is 5.67. The van der Waals surface area contributed by atoms with Gasteiger partial charge in [-0.3, -0.25) is 0 Å². The Morgan fingerprint density at radius 3 is 3.06 bits per heavy atom. The number of aliphatic imine (C=N–C) groups is 1. The van der Waals surface area contributed by atoms with Gasteiger partial charge in [0.05, 0.1) is 0 Å². The molecule has 0 unspecified atom stereocenters. The Kier molecular flexibility index (Phi) is 4.50. The SMILES string of the molecule is C=C(C)CNC(N)=NCc1nncn1CC. The second-order valence-electron chi connectivity index (χ2n) is 3.55. The fourth-order valence-electron chi connectivity index (χ4n) is 1.12. The Morgan fingerprint density at radius 1 is 1.69 bits per heavy atom. The largest absolute Gasteiger partial charge is 0.370 e. The van der Waals surface area contributed by atoms with E-state index in [9.17, 15) is 0 Å². The Hall–Kier alpha value is -1.85. The van der Waals surface area contributed by atoms with E-state index in [0.717, 1.165) is 17.9 Å². The summed E-state index contributed by atoms with van der Waals surface area (Å²) in [6.07, 6.45) is 1.68. The summed E-state index contributed by atoms with van der Waals surface area (Å²) < 4.78 is 1.93. The molecule has 88 valence electrons. The van der Waals surface area contributed by atoms with Gasteiger partial charge in [0.2, 0.25) is 0 Å². The molecule has 1 aromatic rings. The molecule has 0 fully saturated rings. The lowest BCUT2D eigenvalue weighted by atomic mass is 10.3. The van der Waals surface area contributed by atoms with Crippen LogP contribution in [0.3, 0.4) is 0 Å². The lowest BCUT2D eigenvalue weighted by Crippen LogP contribution is -2.32. The van der Waals surface area contributed by atoms with Gasteiger partial charge in [0.1, 0.15) is 12.9 Å². The monoisotopic (exact) mass is 222 g/mol. The molecule has 0 aliphatic rings. The van der Waals surface area contributed by atoms with E-state index in [4.69, 9.17) is 5.73 Å². The van der Waals surface area contributed by atoms with Crippen molar-refractivity contribution in [3.05, 3.63) is 24.3 Å². The predicted octanol–water partition coefficient (Wildman–Crippen LogP) is 0.278. The van der Waals surface area contributed by atoms with Gasteiger partial charge in [-0.2, -0.15) is 0 Å². The summed E-state index contributed by atoms with van der Waals surface area (Å²) in [7, 11) is 0. The van der Waals surface area contributed by atoms with Crippen molar-refractivity contribution in [2.75, 3.05) is 6.54 Å². The van der Waals surface area contributed by atoms with E-state index in [0.29, 0.717) is 19.0 Å². The zero-order chi connectivity index (χ0) is 12.0. The molecular weight excluding hydrogens is 204 g/mol. The first-order valence-electron chi connectivity index (χ1n) is 5.18. The van der Waals surface area contributed by atoms with Crippen molar-refractivity contribution in [3.63, 3.8) is 0 Å². The standard InChI is InChI=1S/C10H18N6/c1-4-16-7-14-15-9(16)6-13-10(11)12-5-8(2)3/h7H,2,4-6H2,1,3H3,(H3,11,12,13). The van der Waals surface area contributed by atoms with Crippen LogP contribution in [0.1, 0.15) is 19.7 Å². The maximum atomic E-state index is 5.67. The van der Waals surface area contributed by atoms with E-state index in [-0.39, 0.29) is 0 Å². The van der Waals surface area contributed by atoms with Crippen LogP contribution >= 0.6 is 0 Å². The van der Waals surface area contributed by atoms with Crippen molar-refractivity contribution >= 4 is 5.96 Å². The molecular formula is C10H18N6. The van der Waals surface area contributed by atoms with Crippen molar-refractivity contribution in [2.24, 2.45) is 10.7 Å². The number of nitrogens with two attached hydrogens (primary N) is 1. The molecule has 1 aromatic heterocycles. The molecule has 1 heterocycles. The van der Waals surface area contributed by atoms with E-state index < -0.39 is 0 Å². The normalized spacial score (nSPS) is 11.5. The zero-order valence-electron chi connectivity index (χ0n) is 9.77. The van der Waals surface area contributed by atoms with Crippen LogP contribution in [0.2, 0.25) is 0 Å². The van der Waals surface area contributed by atoms with Gasteiger partial charge in [-0.25, -0.2) is 4.99 Å². The highest BCUT2D eigenvalue weighted by Crippen LogP contribution is 1.96. The number of guanidine groups is 1. The fraction of sp³-hybridized carbons (Fsp3) is 0.500. The Morgan fingerprint density at radius 2 is 2.44 bits per heavy atom. The van der Waals surface area contributed by atoms with Crippen molar-refractivity contribution in [1.29, 1.82) is 0 Å². The van der Waals surface area contributed by atoms with Gasteiger partial charge in [-0.15, -0.1) is 10.2 Å². The van der Waals surface area contributed by atoms with Gasteiger partial charge in [0.15, 0.2) is 11.8 Å². The summed E-state index contributed by atoms with van der Waals surface area (Å²) in [5, 5.41) is 10.7. The number of rotatable bonds is 5. The van der Waals surface area contributed by atoms with Gasteiger partial charge in [-0.05, 0) is 13.8 Å². The third-order valence-corrected chi connectivity index (χ3v) is 2.00. The van der Waals surface area contributed by atoms with Crippen molar-refractivity contribution in [3.8, 4) is 0 Å². The molecule has 3 N–H and O–H groups in total. The highest BCUT2D eigenvalue weighted by Gasteiger charge is 2.01. The lowest BCUT2D eigenvalue weighted by Gasteiger charge is -2.05. The van der Waals surface area contributed by atoms with Gasteiger partial charge >= 0.3 is 0 Å². The molecule has 1 rings (SSSR count). The minimum absolute atomic E-state index is 0.397. The number of nitrogens with zero attached hydrogens (tertiary/aromatic N) is 4. The van der Waals surface area contributed by atoms with Crippen LogP contribution in [0.5, 0.6) is 0 Å². The summed E-state index contributed by atoms with van der Waals surface area (Å²) in [5.74, 6) is 1.20. The van der Waals surface area contributed by atoms with Gasteiger partial charge in [0.25, 0.3) is 0 Å². The average Bonchev–Trinajstić information content (AvgIpc) is 2.70. The van der Waals surface area contributed by atoms with Crippen LogP contribution < -0.4 is 11.1 Å². The number of hydrogen-bond donors (Lipinski definition) is 2. The summed E-state index contributed by atoms with van der Waals surface area (Å²) in [6, 6.07) is 0. The Balaban J connectivity index is 2.49. The molecule has 6 nitrogen and oxygen atoms in total. The molecule has 0 atom stereocenters. The van der Waals surface area contributed by atoms with E-state index >= 15 is 0 Å². The fourth-order valence-corrected chi connectivity index (χ4v) is 1.12. The Labute approximate surface area is 95.3 Å². The second kappa shape index (κ2) is 5.89. The van der Waals surface area contributed by atoms with Gasteiger partial charge in [0, 0.05) is 13.1 Å². The molecule has 0 saturated carbocycles. The predicted molar refractivity (Wildman–Crippen MR) is 63.8 cm³/mol. The summed E-state index contributed by atoms with van der Waals surface area (Å²) in [6.45, 7) is 9.62. The van der Waals surface area contributed by atoms with Crippen LogP contribution in [0, 0.1) is 0 Å². The van der Waals surface area contributed by atoms with Crippen LogP contribution in [0.15, 0.2) is 23.5 Å². The molecule has 0 spiro atoms. The first-order chi connectivity index (χ1) is 7.63. The summed E-state index contributed by atoms with van der Waals surface area (Å²) >= 11 is 0. The smallest absolute Gasteiger partial charge is 0.189 e. The molecule has 0 bridgehead atoms. The lowest BCUT2D eigenvalue weighted by molar-refractivity contribution is 0.697. The third kappa shape index (κ3) is 3.72. The van der Waals surface area contributed by atoms with Gasteiger partial charge < -0.3 is 15.6 Å². The molecule has 6 heteroatoms. The van der Waals surface area contributed by atoms with Gasteiger partial charge in [-0.1, -0.05) is 12.2 Å². The third-order valence-electron chi connectivity index (χ3n) is 2.00. The number of nitrogens with one attached hydrogen (secondary N) is 1. The topological polar surface area (TPSA) is 81.1 Å². The molecule has 0 aliphatic heterocycles. The first kappa shape index (κ1) is 12.2. The quantitative estimate of drug-likeness (QED) is 0.426. The van der Waals surface area contributed by atoms with E-state index in [1.807, 2.05) is 18.4 Å². The molecule has 0 aliphatic carbocycles. The van der Waals surface area contributed by atoms with Crippen LogP contribution in [0.4, 0.5) is 0 Å². The van der Waals surface area contributed by atoms with E-state index in [1.54, 1.807) is 6.33 Å². The van der Waals surface area contributed by atoms with Crippen LogP contribution in [0.25, 0.3) is 0 Å². The minimum atomic E-state index is 0.397. The van der Waals surface area contributed by atoms with Crippen LogP contribution in [-0.4, -0.2) is 27.3 Å². The molecule has 0 amide bonds. The average molecular weight is 222 g/mol. The van der Waals surface area contributed by atoms with Crippen molar-refractivity contribution in [1.82, 2.24) is 20.1 Å². The first-order valence-corrected chi connectivity index (χ1v) is 5.18. The summed E-state index contributed by atoms with van der Waals surface area (Å²) in [4.78, 5) is 4.17. The maximum Gasteiger partial charge on any atom is 0.189 e.